The molecule has 0 fully saturated rings. The lowest BCUT2D eigenvalue weighted by Gasteiger charge is -2.16. The van der Waals surface area contributed by atoms with Crippen LogP contribution >= 0.6 is 0 Å². The number of hydrogen-bond donors (Lipinski definition) is 2. The van der Waals surface area contributed by atoms with Gasteiger partial charge in [0.25, 0.3) is 5.78 Å². The maximum Gasteiger partial charge on any atom is 0.454 e. The molecule has 2 unspecified atom stereocenters. The van der Waals surface area contributed by atoms with E-state index in [1.807, 2.05) is 0 Å². The molecule has 0 aromatic heterocycles. The van der Waals surface area contributed by atoms with Gasteiger partial charge in [-0.15, -0.1) is 0 Å². The maximum absolute atomic E-state index is 12.3. The molecular formula is C12H11F3O5. The van der Waals surface area contributed by atoms with Crippen LogP contribution < -0.4 is 0 Å². The predicted molar refractivity (Wildman–Crippen MR) is 59.8 cm³/mol. The molecule has 110 valence electrons. The molecule has 0 heterocycles. The zero-order valence-corrected chi connectivity index (χ0v) is 10.2. The van der Waals surface area contributed by atoms with Crippen LogP contribution in [0.1, 0.15) is 22.0 Å². The summed E-state index contributed by atoms with van der Waals surface area (Å²) < 4.78 is 41.0. The standard InChI is InChI=1S/C12H11F3O5/c1-20-11(19)9(17)8(16)6-3-2-4-7(5-6)10(18)12(13,14)15/h2-5,8-9,16-17H,1H3. The van der Waals surface area contributed by atoms with Crippen molar-refractivity contribution in [3.63, 3.8) is 0 Å². The third-order valence-electron chi connectivity index (χ3n) is 2.49. The highest BCUT2D eigenvalue weighted by molar-refractivity contribution is 6.00. The molecule has 0 saturated carbocycles. The fourth-order valence-electron chi connectivity index (χ4n) is 1.46. The average molecular weight is 292 g/mol. The topological polar surface area (TPSA) is 83.8 Å². The second kappa shape index (κ2) is 6.02. The van der Waals surface area contributed by atoms with Crippen LogP contribution in [0.3, 0.4) is 0 Å². The number of carbonyl (C=O) groups excluding carboxylic acids is 2. The number of ether oxygens (including phenoxy) is 1. The first-order valence-electron chi connectivity index (χ1n) is 5.34. The van der Waals surface area contributed by atoms with Crippen LogP contribution in [-0.4, -0.2) is 41.4 Å². The molecule has 1 aromatic carbocycles. The number of aliphatic hydroxyl groups excluding tert-OH is 2. The summed E-state index contributed by atoms with van der Waals surface area (Å²) in [6, 6.07) is 3.94. The third-order valence-corrected chi connectivity index (χ3v) is 2.49. The summed E-state index contributed by atoms with van der Waals surface area (Å²) >= 11 is 0. The number of alkyl halides is 3. The van der Waals surface area contributed by atoms with Crippen molar-refractivity contribution in [3.8, 4) is 0 Å². The number of halogens is 3. The number of carbonyl (C=O) groups is 2. The van der Waals surface area contributed by atoms with E-state index in [0.717, 1.165) is 25.3 Å². The fraction of sp³-hybridized carbons (Fsp3) is 0.333. The second-order valence-electron chi connectivity index (χ2n) is 3.87. The Morgan fingerprint density at radius 2 is 1.85 bits per heavy atom. The highest BCUT2D eigenvalue weighted by atomic mass is 19.4. The van der Waals surface area contributed by atoms with E-state index in [4.69, 9.17) is 0 Å². The largest absolute Gasteiger partial charge is 0.467 e. The highest BCUT2D eigenvalue weighted by Gasteiger charge is 2.39. The number of benzene rings is 1. The van der Waals surface area contributed by atoms with Crippen LogP contribution in [-0.2, 0) is 9.53 Å². The predicted octanol–water partition coefficient (Wildman–Crippen LogP) is 0.999. The minimum Gasteiger partial charge on any atom is -0.467 e. The van der Waals surface area contributed by atoms with Gasteiger partial charge in [0.2, 0.25) is 0 Å². The van der Waals surface area contributed by atoms with Crippen molar-refractivity contribution in [2.45, 2.75) is 18.4 Å². The maximum atomic E-state index is 12.3. The summed E-state index contributed by atoms with van der Waals surface area (Å²) in [6.07, 6.45) is -8.82. The highest BCUT2D eigenvalue weighted by Crippen LogP contribution is 2.24. The Morgan fingerprint density at radius 1 is 1.25 bits per heavy atom. The van der Waals surface area contributed by atoms with Gasteiger partial charge in [-0.2, -0.15) is 13.2 Å². The molecule has 0 saturated heterocycles. The molecular weight excluding hydrogens is 281 g/mol. The van der Waals surface area contributed by atoms with E-state index in [-0.39, 0.29) is 5.56 Å². The van der Waals surface area contributed by atoms with E-state index in [9.17, 15) is 33.0 Å². The number of hydrogen-bond acceptors (Lipinski definition) is 5. The van der Waals surface area contributed by atoms with Gasteiger partial charge in [-0.3, -0.25) is 4.79 Å². The third kappa shape index (κ3) is 3.55. The normalized spacial score (nSPS) is 14.5. The van der Waals surface area contributed by atoms with Gasteiger partial charge in [-0.25, -0.2) is 4.79 Å². The van der Waals surface area contributed by atoms with Gasteiger partial charge < -0.3 is 14.9 Å². The SMILES string of the molecule is COC(=O)C(O)C(O)c1cccc(C(=O)C(F)(F)F)c1. The lowest BCUT2D eigenvalue weighted by molar-refractivity contribution is -0.156. The fourth-order valence-corrected chi connectivity index (χ4v) is 1.46. The first kappa shape index (κ1) is 16.1. The monoisotopic (exact) mass is 292 g/mol. The number of aliphatic hydroxyl groups is 2. The quantitative estimate of drug-likeness (QED) is 0.639. The van der Waals surface area contributed by atoms with E-state index >= 15 is 0 Å². The molecule has 0 aliphatic rings. The van der Waals surface area contributed by atoms with Gasteiger partial charge in [0.05, 0.1) is 7.11 Å². The summed E-state index contributed by atoms with van der Waals surface area (Å²) in [4.78, 5) is 22.1. The first-order valence-corrected chi connectivity index (χ1v) is 5.34. The van der Waals surface area contributed by atoms with Gasteiger partial charge in [-0.05, 0) is 11.6 Å². The molecule has 0 spiro atoms. The molecule has 0 radical (unpaired) electrons. The molecule has 8 heteroatoms. The Labute approximate surface area is 111 Å². The average Bonchev–Trinajstić information content (AvgIpc) is 2.43. The zero-order valence-electron chi connectivity index (χ0n) is 10.2. The van der Waals surface area contributed by atoms with Gasteiger partial charge in [0.1, 0.15) is 6.10 Å². The minimum atomic E-state index is -5.05. The van der Waals surface area contributed by atoms with E-state index in [1.165, 1.54) is 6.07 Å². The second-order valence-corrected chi connectivity index (χ2v) is 3.87. The number of Topliss-reactive ketones (excluding diaryl/α,β-unsaturated/α-hetero) is 1. The number of ketones is 1. The van der Waals surface area contributed by atoms with Crippen LogP contribution in [0.15, 0.2) is 24.3 Å². The summed E-state index contributed by atoms with van der Waals surface area (Å²) in [5.74, 6) is -3.23. The van der Waals surface area contributed by atoms with E-state index in [0.29, 0.717) is 0 Å². The van der Waals surface area contributed by atoms with Crippen LogP contribution in [0.4, 0.5) is 13.2 Å². The van der Waals surface area contributed by atoms with Crippen molar-refractivity contribution in [2.24, 2.45) is 0 Å². The molecule has 0 aliphatic carbocycles. The Bertz CT molecular complexity index is 512. The van der Waals surface area contributed by atoms with Crippen molar-refractivity contribution >= 4 is 11.8 Å². The van der Waals surface area contributed by atoms with E-state index in [2.05, 4.69) is 4.74 Å². The molecule has 2 N–H and O–H groups in total. The Morgan fingerprint density at radius 3 is 2.35 bits per heavy atom. The van der Waals surface area contributed by atoms with E-state index < -0.39 is 35.7 Å². The van der Waals surface area contributed by atoms with E-state index in [1.54, 1.807) is 0 Å². The smallest absolute Gasteiger partial charge is 0.454 e. The molecule has 5 nitrogen and oxygen atoms in total. The molecule has 0 aliphatic heterocycles. The summed E-state index contributed by atoms with van der Waals surface area (Å²) in [6.45, 7) is 0. The molecule has 0 bridgehead atoms. The minimum absolute atomic E-state index is 0.210. The lowest BCUT2D eigenvalue weighted by atomic mass is 10.00. The van der Waals surface area contributed by atoms with Crippen LogP contribution in [0.5, 0.6) is 0 Å². The molecule has 1 aromatic rings. The summed E-state index contributed by atoms with van der Waals surface area (Å²) in [7, 11) is 0.974. The molecule has 1 rings (SSSR count). The Kier molecular flexibility index (Phi) is 4.85. The Balaban J connectivity index is 3.05. The molecule has 0 amide bonds. The van der Waals surface area contributed by atoms with Gasteiger partial charge >= 0.3 is 12.1 Å². The molecule has 2 atom stereocenters. The number of esters is 1. The summed E-state index contributed by atoms with van der Waals surface area (Å²) in [5, 5.41) is 19.1. The van der Waals surface area contributed by atoms with Crippen molar-refractivity contribution < 1.29 is 37.7 Å². The van der Waals surface area contributed by atoms with Gasteiger partial charge in [0, 0.05) is 5.56 Å². The van der Waals surface area contributed by atoms with Crippen molar-refractivity contribution in [1.29, 1.82) is 0 Å². The zero-order chi connectivity index (χ0) is 15.5. The van der Waals surface area contributed by atoms with Crippen molar-refractivity contribution in [2.75, 3.05) is 7.11 Å². The van der Waals surface area contributed by atoms with Crippen LogP contribution in [0, 0.1) is 0 Å². The van der Waals surface area contributed by atoms with Crippen molar-refractivity contribution in [1.82, 2.24) is 0 Å². The van der Waals surface area contributed by atoms with Gasteiger partial charge in [0.15, 0.2) is 6.10 Å². The van der Waals surface area contributed by atoms with Crippen molar-refractivity contribution in [3.05, 3.63) is 35.4 Å². The summed E-state index contributed by atoms with van der Waals surface area (Å²) in [5.41, 5.74) is -0.913. The number of methoxy groups -OCH3 is 1. The van der Waals surface area contributed by atoms with Gasteiger partial charge in [-0.1, -0.05) is 18.2 Å². The molecule has 20 heavy (non-hydrogen) atoms. The lowest BCUT2D eigenvalue weighted by Crippen LogP contribution is -2.29. The van der Waals surface area contributed by atoms with Crippen LogP contribution in [0.2, 0.25) is 0 Å². The first-order chi connectivity index (χ1) is 9.18. The van der Waals surface area contributed by atoms with Crippen LogP contribution in [0.25, 0.3) is 0 Å². The number of rotatable bonds is 4. The Hall–Kier alpha value is -1.93.